The van der Waals surface area contributed by atoms with Crippen molar-refractivity contribution in [3.05, 3.63) is 47.5 Å². The van der Waals surface area contributed by atoms with Crippen LogP contribution in [-0.2, 0) is 22.4 Å². The summed E-state index contributed by atoms with van der Waals surface area (Å²) in [7, 11) is 0. The first-order valence-electron chi connectivity index (χ1n) is 8.43. The van der Waals surface area contributed by atoms with Crippen LogP contribution < -0.4 is 0 Å². The lowest BCUT2D eigenvalue weighted by molar-refractivity contribution is -0.208. The molecule has 1 aliphatic heterocycles. The molecule has 0 aliphatic carbocycles. The molecule has 1 saturated heterocycles. The average molecular weight is 366 g/mol. The highest BCUT2D eigenvalue weighted by atomic mass is 35.5. The van der Waals surface area contributed by atoms with Gasteiger partial charge in [0, 0.05) is 10.4 Å². The topological polar surface area (TPSA) is 69.4 Å². The van der Waals surface area contributed by atoms with E-state index in [9.17, 15) is 5.11 Å². The molecule has 25 heavy (non-hydrogen) atoms. The first kappa shape index (κ1) is 18.3. The maximum atomic E-state index is 11.6. The number of aliphatic hydroxyl groups is 1. The molecule has 0 spiro atoms. The SMILES string of the molecule is CC(C)(C1OCCO1)C(O)(CCc1ccc(Cl)cc1)Cn1cncn1. The second kappa shape index (κ2) is 7.41. The summed E-state index contributed by atoms with van der Waals surface area (Å²) in [6.07, 6.45) is 3.87. The zero-order valence-corrected chi connectivity index (χ0v) is 15.3. The fraction of sp³-hybridized carbons (Fsp3) is 0.556. The van der Waals surface area contributed by atoms with Crippen LogP contribution in [0.1, 0.15) is 25.8 Å². The summed E-state index contributed by atoms with van der Waals surface area (Å²) in [5.41, 5.74) is -0.595. The molecule has 1 aliphatic rings. The Balaban J connectivity index is 1.81. The van der Waals surface area contributed by atoms with Crippen LogP contribution in [0.2, 0.25) is 5.02 Å². The van der Waals surface area contributed by atoms with E-state index in [-0.39, 0.29) is 0 Å². The zero-order chi connectivity index (χ0) is 17.9. The van der Waals surface area contributed by atoms with Crippen LogP contribution in [0, 0.1) is 5.41 Å². The molecule has 1 atom stereocenters. The van der Waals surface area contributed by atoms with E-state index in [1.54, 1.807) is 11.0 Å². The number of halogens is 1. The summed E-state index contributed by atoms with van der Waals surface area (Å²) >= 11 is 5.95. The van der Waals surface area contributed by atoms with Gasteiger partial charge in [-0.3, -0.25) is 4.68 Å². The molecular weight excluding hydrogens is 342 g/mol. The number of rotatable bonds is 7. The lowest BCUT2D eigenvalue weighted by atomic mass is 9.71. The van der Waals surface area contributed by atoms with Gasteiger partial charge in [-0.25, -0.2) is 4.98 Å². The first-order valence-corrected chi connectivity index (χ1v) is 8.81. The third-order valence-electron chi connectivity index (χ3n) is 5.04. The van der Waals surface area contributed by atoms with Gasteiger partial charge < -0.3 is 14.6 Å². The van der Waals surface area contributed by atoms with Crippen LogP contribution in [-0.4, -0.2) is 45.0 Å². The maximum absolute atomic E-state index is 11.6. The number of benzene rings is 1. The molecule has 0 radical (unpaired) electrons. The van der Waals surface area contributed by atoms with Crippen molar-refractivity contribution in [2.75, 3.05) is 13.2 Å². The molecule has 0 saturated carbocycles. The second-order valence-electron chi connectivity index (χ2n) is 7.05. The molecular formula is C18H24ClN3O3. The molecule has 7 heteroatoms. The lowest BCUT2D eigenvalue weighted by Gasteiger charge is -2.45. The van der Waals surface area contributed by atoms with Crippen molar-refractivity contribution in [1.82, 2.24) is 14.8 Å². The van der Waals surface area contributed by atoms with Gasteiger partial charge in [0.25, 0.3) is 0 Å². The number of hydrogen-bond donors (Lipinski definition) is 1. The molecule has 1 N–H and O–H groups in total. The highest BCUT2D eigenvalue weighted by molar-refractivity contribution is 6.30. The van der Waals surface area contributed by atoms with E-state index in [0.29, 0.717) is 37.6 Å². The third-order valence-corrected chi connectivity index (χ3v) is 5.29. The average Bonchev–Trinajstić information content (AvgIpc) is 3.28. The van der Waals surface area contributed by atoms with Gasteiger partial charge in [0.05, 0.1) is 25.4 Å². The van der Waals surface area contributed by atoms with Crippen molar-refractivity contribution in [3.8, 4) is 0 Å². The van der Waals surface area contributed by atoms with Crippen molar-refractivity contribution in [1.29, 1.82) is 0 Å². The molecule has 6 nitrogen and oxygen atoms in total. The summed E-state index contributed by atoms with van der Waals surface area (Å²) < 4.78 is 13.1. The summed E-state index contributed by atoms with van der Waals surface area (Å²) in [5.74, 6) is 0. The number of nitrogens with zero attached hydrogens (tertiary/aromatic N) is 3. The largest absolute Gasteiger partial charge is 0.387 e. The van der Waals surface area contributed by atoms with Crippen molar-refractivity contribution < 1.29 is 14.6 Å². The van der Waals surface area contributed by atoms with Gasteiger partial charge in [0.2, 0.25) is 0 Å². The van der Waals surface area contributed by atoms with E-state index in [0.717, 1.165) is 5.56 Å². The Bertz CT molecular complexity index is 669. The van der Waals surface area contributed by atoms with Crippen LogP contribution in [0.15, 0.2) is 36.9 Å². The predicted octanol–water partition coefficient (Wildman–Crippen LogP) is 2.69. The van der Waals surface area contributed by atoms with Crippen molar-refractivity contribution in [2.24, 2.45) is 5.41 Å². The molecule has 0 amide bonds. The molecule has 1 aromatic carbocycles. The Hall–Kier alpha value is -1.47. The number of aryl methyl sites for hydroxylation is 1. The molecule has 136 valence electrons. The van der Waals surface area contributed by atoms with Gasteiger partial charge in [0.1, 0.15) is 12.7 Å². The molecule has 1 unspecified atom stereocenters. The minimum absolute atomic E-state index is 0.316. The Morgan fingerprint density at radius 1 is 1.24 bits per heavy atom. The number of aromatic nitrogens is 3. The highest BCUT2D eigenvalue weighted by Crippen LogP contribution is 2.42. The van der Waals surface area contributed by atoms with Gasteiger partial charge >= 0.3 is 0 Å². The lowest BCUT2D eigenvalue weighted by Crippen LogP contribution is -2.54. The van der Waals surface area contributed by atoms with Crippen LogP contribution in [0.25, 0.3) is 0 Å². The Morgan fingerprint density at radius 3 is 2.52 bits per heavy atom. The molecule has 1 fully saturated rings. The van der Waals surface area contributed by atoms with Crippen molar-refractivity contribution >= 4 is 11.6 Å². The normalized spacial score (nSPS) is 18.4. The maximum Gasteiger partial charge on any atom is 0.165 e. The minimum atomic E-state index is -1.09. The van der Waals surface area contributed by atoms with Gasteiger partial charge in [-0.2, -0.15) is 5.10 Å². The third kappa shape index (κ3) is 4.03. The van der Waals surface area contributed by atoms with Crippen LogP contribution in [0.5, 0.6) is 0 Å². The molecule has 1 aromatic heterocycles. The van der Waals surface area contributed by atoms with Crippen LogP contribution in [0.3, 0.4) is 0 Å². The smallest absolute Gasteiger partial charge is 0.165 e. The van der Waals surface area contributed by atoms with E-state index in [2.05, 4.69) is 10.1 Å². The Labute approximate surface area is 152 Å². The van der Waals surface area contributed by atoms with E-state index >= 15 is 0 Å². The molecule has 0 bridgehead atoms. The zero-order valence-electron chi connectivity index (χ0n) is 14.6. The Morgan fingerprint density at radius 2 is 1.92 bits per heavy atom. The quantitative estimate of drug-likeness (QED) is 0.817. The van der Waals surface area contributed by atoms with Gasteiger partial charge in [-0.1, -0.05) is 37.6 Å². The fourth-order valence-electron chi connectivity index (χ4n) is 3.18. The standard InChI is InChI=1S/C18H24ClN3O3/c1-17(2,16-24-9-10-25-16)18(23,11-22-13-20-12-21-22)8-7-14-3-5-15(19)6-4-14/h3-6,12-13,16,23H,7-11H2,1-2H3. The van der Waals surface area contributed by atoms with Gasteiger partial charge in [-0.05, 0) is 30.5 Å². The van der Waals surface area contributed by atoms with E-state index < -0.39 is 17.3 Å². The monoisotopic (exact) mass is 365 g/mol. The summed E-state index contributed by atoms with van der Waals surface area (Å²) in [6.45, 7) is 5.36. The summed E-state index contributed by atoms with van der Waals surface area (Å²) in [5, 5.41) is 16.5. The highest BCUT2D eigenvalue weighted by Gasteiger charge is 2.51. The van der Waals surface area contributed by atoms with Crippen LogP contribution in [0.4, 0.5) is 0 Å². The molecule has 2 aromatic rings. The van der Waals surface area contributed by atoms with Gasteiger partial charge in [0.15, 0.2) is 6.29 Å². The van der Waals surface area contributed by atoms with Crippen molar-refractivity contribution in [2.45, 2.75) is 45.1 Å². The first-order chi connectivity index (χ1) is 11.9. The molecule has 2 heterocycles. The summed E-state index contributed by atoms with van der Waals surface area (Å²) in [6, 6.07) is 7.69. The minimum Gasteiger partial charge on any atom is -0.387 e. The number of ether oxygens (including phenoxy) is 2. The predicted molar refractivity (Wildman–Crippen MR) is 94.2 cm³/mol. The van der Waals surface area contributed by atoms with Crippen LogP contribution >= 0.6 is 11.6 Å². The fourth-order valence-corrected chi connectivity index (χ4v) is 3.31. The Kier molecular flexibility index (Phi) is 5.43. The van der Waals surface area contributed by atoms with Crippen molar-refractivity contribution in [3.63, 3.8) is 0 Å². The second-order valence-corrected chi connectivity index (χ2v) is 7.48. The molecule has 3 rings (SSSR count). The van der Waals surface area contributed by atoms with E-state index in [1.165, 1.54) is 6.33 Å². The summed E-state index contributed by atoms with van der Waals surface area (Å²) in [4.78, 5) is 3.98. The number of hydrogen-bond acceptors (Lipinski definition) is 5. The van der Waals surface area contributed by atoms with E-state index in [4.69, 9.17) is 21.1 Å². The van der Waals surface area contributed by atoms with E-state index in [1.807, 2.05) is 38.1 Å². The van der Waals surface area contributed by atoms with Gasteiger partial charge in [-0.15, -0.1) is 0 Å².